The van der Waals surface area contributed by atoms with E-state index in [4.69, 9.17) is 11.6 Å². The first-order chi connectivity index (χ1) is 11.7. The quantitative estimate of drug-likeness (QED) is 0.371. The Morgan fingerprint density at radius 1 is 0.840 bits per heavy atom. The van der Waals surface area contributed by atoms with Crippen molar-refractivity contribution in [2.24, 2.45) is 0 Å². The maximum absolute atomic E-state index is 12.7. The number of carbonyl (C=O) groups excluding carboxylic acids is 1. The van der Waals surface area contributed by atoms with Crippen molar-refractivity contribution < 1.29 is 26.3 Å². The topological polar surface area (TPSA) is 20.9 Å². The van der Waals surface area contributed by atoms with Gasteiger partial charge in [-0.25, -0.2) is 0 Å². The van der Waals surface area contributed by atoms with Crippen LogP contribution in [0.1, 0.15) is 10.4 Å². The number of hydrogen-bond acceptors (Lipinski definition) is 1. The Hall–Kier alpha value is -2.23. The zero-order chi connectivity index (χ0) is 16.5. The number of fused-ring (bicyclic) bond motifs is 2. The van der Waals surface area contributed by atoms with Crippen molar-refractivity contribution in [1.29, 1.82) is 0 Å². The molecule has 1 aromatic heterocycles. The third-order valence-corrected chi connectivity index (χ3v) is 4.46. The average molecular weight is 413 g/mol. The molecule has 0 bridgehead atoms. The van der Waals surface area contributed by atoms with Crippen LogP contribution < -0.4 is 21.5 Å². The lowest BCUT2D eigenvalue weighted by Crippen LogP contribution is -3.00. The van der Waals surface area contributed by atoms with Crippen molar-refractivity contribution in [3.8, 4) is 0 Å². The predicted octanol–water partition coefficient (Wildman–Crippen LogP) is 1.82. The third-order valence-electron chi connectivity index (χ3n) is 4.23. The average Bonchev–Trinajstić information content (AvgIpc) is 2.61. The molecule has 0 unspecified atom stereocenters. The van der Waals surface area contributed by atoms with Gasteiger partial charge in [0.05, 0.1) is 0 Å². The van der Waals surface area contributed by atoms with E-state index in [1.807, 2.05) is 83.6 Å². The number of aromatic nitrogens is 1. The minimum Gasteiger partial charge on any atom is -1.00 e. The lowest BCUT2D eigenvalue weighted by Gasteiger charge is -2.04. The molecule has 4 heteroatoms. The van der Waals surface area contributed by atoms with Crippen molar-refractivity contribution in [2.75, 3.05) is 0 Å². The van der Waals surface area contributed by atoms with Crippen LogP contribution in [0.15, 0.2) is 79.0 Å². The monoisotopic (exact) mass is 411 g/mol. The molecule has 4 aromatic rings. The summed E-state index contributed by atoms with van der Waals surface area (Å²) in [6.07, 6.45) is 1.93. The minimum atomic E-state index is 0. The highest BCUT2D eigenvalue weighted by Gasteiger charge is 2.15. The lowest BCUT2D eigenvalue weighted by molar-refractivity contribution is -0.657. The lowest BCUT2D eigenvalue weighted by atomic mass is 10.0. The van der Waals surface area contributed by atoms with Crippen molar-refractivity contribution in [1.82, 2.24) is 0 Å². The molecule has 3 aromatic carbocycles. The van der Waals surface area contributed by atoms with Crippen LogP contribution in [0.3, 0.4) is 0 Å². The number of nitrogens with zero attached hydrogens (tertiary/aromatic N) is 1. The van der Waals surface area contributed by atoms with Crippen LogP contribution in [0.5, 0.6) is 0 Å². The molecule has 2 nitrogen and oxygen atoms in total. The number of pyridine rings is 1. The molecule has 1 heterocycles. The van der Waals surface area contributed by atoms with Gasteiger partial charge in [-0.1, -0.05) is 48.0 Å². The van der Waals surface area contributed by atoms with E-state index < -0.39 is 0 Å². The predicted molar refractivity (Wildman–Crippen MR) is 97.4 cm³/mol. The second-order valence-electron chi connectivity index (χ2n) is 5.82. The number of ketones is 1. The van der Waals surface area contributed by atoms with Crippen LogP contribution in [0.2, 0.25) is 5.02 Å². The molecule has 0 amide bonds. The molecule has 0 saturated carbocycles. The summed E-state index contributed by atoms with van der Waals surface area (Å²) in [6.45, 7) is 0.303. The van der Waals surface area contributed by atoms with Gasteiger partial charge in [-0.3, -0.25) is 4.79 Å². The number of Topliss-reactive ketones (excluding diaryl/α,β-unsaturated/α-hetero) is 1. The summed E-state index contributed by atoms with van der Waals surface area (Å²) in [6, 6.07) is 23.6. The van der Waals surface area contributed by atoms with Crippen LogP contribution in [0.4, 0.5) is 0 Å². The van der Waals surface area contributed by atoms with Crippen LogP contribution in [-0.4, -0.2) is 5.78 Å². The highest BCUT2D eigenvalue weighted by atomic mass is 79.9. The first-order valence-electron chi connectivity index (χ1n) is 7.80. The van der Waals surface area contributed by atoms with Crippen molar-refractivity contribution >= 4 is 39.1 Å². The van der Waals surface area contributed by atoms with Crippen molar-refractivity contribution in [3.63, 3.8) is 0 Å². The summed E-state index contributed by atoms with van der Waals surface area (Å²) in [4.78, 5) is 12.7. The third kappa shape index (κ3) is 3.58. The Bertz CT molecular complexity index is 1080. The highest BCUT2D eigenvalue weighted by Crippen LogP contribution is 2.18. The van der Waals surface area contributed by atoms with Gasteiger partial charge in [-0.05, 0) is 35.0 Å². The maximum atomic E-state index is 12.7. The molecule has 0 radical (unpaired) electrons. The van der Waals surface area contributed by atoms with Crippen LogP contribution in [0, 0.1) is 0 Å². The molecule has 124 valence electrons. The van der Waals surface area contributed by atoms with E-state index in [1.54, 1.807) is 0 Å². The Morgan fingerprint density at radius 3 is 2.44 bits per heavy atom. The van der Waals surface area contributed by atoms with Crippen LogP contribution in [-0.2, 0) is 6.54 Å². The van der Waals surface area contributed by atoms with E-state index in [9.17, 15) is 4.79 Å². The minimum absolute atomic E-state index is 0. The van der Waals surface area contributed by atoms with Gasteiger partial charge in [0.25, 0.3) is 0 Å². The molecule has 0 fully saturated rings. The molecule has 0 spiro atoms. The molecule has 0 saturated heterocycles. The number of benzene rings is 3. The summed E-state index contributed by atoms with van der Waals surface area (Å²) in [7, 11) is 0. The molecule has 0 aliphatic rings. The first kappa shape index (κ1) is 17.6. The van der Waals surface area contributed by atoms with Gasteiger partial charge >= 0.3 is 0 Å². The van der Waals surface area contributed by atoms with Gasteiger partial charge < -0.3 is 17.0 Å². The SMILES string of the molecule is O=C(C[n+]1cccc2cc(Cl)ccc21)c1ccc2ccccc2c1.[Br-]. The summed E-state index contributed by atoms with van der Waals surface area (Å²) in [5.41, 5.74) is 1.73. The molecule has 0 aliphatic heterocycles. The molecule has 25 heavy (non-hydrogen) atoms. The number of hydrogen-bond donors (Lipinski definition) is 0. The van der Waals surface area contributed by atoms with E-state index in [0.29, 0.717) is 11.6 Å². The molecule has 0 aliphatic carbocycles. The number of carbonyl (C=O) groups is 1. The largest absolute Gasteiger partial charge is 1.00 e. The standard InChI is InChI=1S/C21H15ClNO.BrH/c22-19-9-10-20-17(13-19)6-3-11-23(20)14-21(24)18-8-7-15-4-1-2-5-16(15)12-18;/h1-13H,14H2;1H/q+1;/p-1. The van der Waals surface area contributed by atoms with Crippen molar-refractivity contribution in [2.45, 2.75) is 6.54 Å². The zero-order valence-corrected chi connectivity index (χ0v) is 15.7. The van der Waals surface area contributed by atoms with E-state index in [-0.39, 0.29) is 22.8 Å². The first-order valence-corrected chi connectivity index (χ1v) is 8.18. The van der Waals surface area contributed by atoms with Crippen molar-refractivity contribution in [3.05, 3.63) is 89.6 Å². The normalized spacial score (nSPS) is 10.6. The Labute approximate surface area is 161 Å². The fourth-order valence-electron chi connectivity index (χ4n) is 3.00. The van der Waals surface area contributed by atoms with E-state index in [2.05, 4.69) is 0 Å². The van der Waals surface area contributed by atoms with Gasteiger partial charge in [-0.15, -0.1) is 0 Å². The van der Waals surface area contributed by atoms with Gasteiger partial charge in [0.1, 0.15) is 0 Å². The van der Waals surface area contributed by atoms with Gasteiger partial charge in [0.2, 0.25) is 17.8 Å². The van der Waals surface area contributed by atoms with Crippen LogP contribution in [0.25, 0.3) is 21.7 Å². The molecule has 4 rings (SSSR count). The number of halogens is 2. The number of rotatable bonds is 3. The molecular formula is C21H15BrClNO. The molecule has 0 N–H and O–H groups in total. The Balaban J connectivity index is 0.00000182. The zero-order valence-electron chi connectivity index (χ0n) is 13.3. The maximum Gasteiger partial charge on any atom is 0.227 e. The van der Waals surface area contributed by atoms with E-state index in [0.717, 1.165) is 27.2 Å². The fraction of sp³-hybridized carbons (Fsp3) is 0.0476. The Kier molecular flexibility index (Phi) is 5.16. The van der Waals surface area contributed by atoms with E-state index in [1.165, 1.54) is 0 Å². The highest BCUT2D eigenvalue weighted by molar-refractivity contribution is 6.31. The Morgan fingerprint density at radius 2 is 1.60 bits per heavy atom. The van der Waals surface area contributed by atoms with Crippen LogP contribution >= 0.6 is 11.6 Å². The summed E-state index contributed by atoms with van der Waals surface area (Å²) in [5, 5.41) is 3.94. The molecule has 0 atom stereocenters. The van der Waals surface area contributed by atoms with Gasteiger partial charge in [0, 0.05) is 28.1 Å². The summed E-state index contributed by atoms with van der Waals surface area (Å²) in [5.74, 6) is 0.0909. The van der Waals surface area contributed by atoms with Gasteiger partial charge in [-0.2, -0.15) is 4.57 Å². The second kappa shape index (κ2) is 7.34. The smallest absolute Gasteiger partial charge is 0.227 e. The fourth-order valence-corrected chi connectivity index (χ4v) is 3.18. The second-order valence-corrected chi connectivity index (χ2v) is 6.26. The summed E-state index contributed by atoms with van der Waals surface area (Å²) < 4.78 is 1.96. The molecular weight excluding hydrogens is 398 g/mol. The van der Waals surface area contributed by atoms with Gasteiger partial charge in [0.15, 0.2) is 6.20 Å². The summed E-state index contributed by atoms with van der Waals surface area (Å²) >= 11 is 6.05. The van der Waals surface area contributed by atoms with E-state index >= 15 is 0 Å².